The molecule has 12 aromatic carbocycles. The number of halogens is 12. The van der Waals surface area contributed by atoms with Crippen LogP contribution in [0, 0.1) is 17.5 Å². The number of aromatic amines is 6. The summed E-state index contributed by atoms with van der Waals surface area (Å²) in [6.45, 7) is 13.1. The van der Waals surface area contributed by atoms with Gasteiger partial charge in [-0.2, -0.15) is 0 Å². The summed E-state index contributed by atoms with van der Waals surface area (Å²) in [7, 11) is 3.20. The van der Waals surface area contributed by atoms with Crippen molar-refractivity contribution in [1.82, 2.24) is 71.2 Å². The molecular formula is C114H104Br5Cl4F3N14O4S. The van der Waals surface area contributed by atoms with Gasteiger partial charge >= 0.3 is 6.03 Å². The van der Waals surface area contributed by atoms with Gasteiger partial charge in [0.15, 0.2) is 16.7 Å². The van der Waals surface area contributed by atoms with Crippen molar-refractivity contribution in [1.29, 1.82) is 0 Å². The van der Waals surface area contributed by atoms with Gasteiger partial charge in [-0.1, -0.05) is 193 Å². The van der Waals surface area contributed by atoms with Crippen LogP contribution in [0.1, 0.15) is 165 Å². The van der Waals surface area contributed by atoms with Crippen molar-refractivity contribution in [2.75, 3.05) is 60.1 Å². The van der Waals surface area contributed by atoms with Gasteiger partial charge in [0.05, 0.1) is 43.4 Å². The number of methoxy groups -OCH3 is 2. The zero-order valence-electron chi connectivity index (χ0n) is 79.9. The van der Waals surface area contributed by atoms with Gasteiger partial charge in [0.25, 0.3) is 0 Å². The van der Waals surface area contributed by atoms with E-state index in [2.05, 4.69) is 246 Å². The van der Waals surface area contributed by atoms with Crippen LogP contribution in [0.25, 0.3) is 65.4 Å². The van der Waals surface area contributed by atoms with E-state index in [4.69, 9.17) is 68.1 Å². The fraction of sp³-hybridized carbons (Fsp3) is 0.237. The lowest BCUT2D eigenvalue weighted by Gasteiger charge is -2.38. The third kappa shape index (κ3) is 22.4. The van der Waals surface area contributed by atoms with Crippen LogP contribution in [0.5, 0.6) is 5.75 Å². The number of rotatable bonds is 11. The molecule has 145 heavy (non-hydrogen) atoms. The van der Waals surface area contributed by atoms with Crippen LogP contribution < -0.4 is 31.3 Å². The van der Waals surface area contributed by atoms with Crippen molar-refractivity contribution in [3.63, 3.8) is 0 Å². The molecule has 6 unspecified atom stereocenters. The highest BCUT2D eigenvalue weighted by Gasteiger charge is 2.40. The third-order valence-corrected chi connectivity index (χ3v) is 31.1. The lowest BCUT2D eigenvalue weighted by molar-refractivity contribution is -0.137. The number of amides is 3. The highest BCUT2D eigenvalue weighted by atomic mass is 79.9. The molecule has 18 aromatic rings. The maximum absolute atomic E-state index is 13.5. The molecule has 12 heterocycles. The molecule has 6 aliphatic heterocycles. The number of carbonyl (C=O) groups is 2. The van der Waals surface area contributed by atoms with Crippen LogP contribution in [0.15, 0.2) is 271 Å². The van der Waals surface area contributed by atoms with E-state index < -0.39 is 11.6 Å². The van der Waals surface area contributed by atoms with Crippen LogP contribution in [0.3, 0.4) is 0 Å². The van der Waals surface area contributed by atoms with Gasteiger partial charge < -0.3 is 80.7 Å². The third-order valence-electron chi connectivity index (χ3n) is 27.3. The number of fused-ring (bicyclic) bond motifs is 18. The Labute approximate surface area is 905 Å². The number of hydrogen-bond donors (Lipinski definition) is 11. The summed E-state index contributed by atoms with van der Waals surface area (Å²) in [5, 5.41) is 27.9. The number of thiocarbonyl (C=S) groups is 1. The largest absolute Gasteiger partial charge is 0.497 e. The molecule has 0 radical (unpaired) electrons. The van der Waals surface area contributed by atoms with E-state index in [1.165, 1.54) is 101 Å². The van der Waals surface area contributed by atoms with Gasteiger partial charge in [-0.05, 0) is 327 Å². The van der Waals surface area contributed by atoms with Crippen molar-refractivity contribution < 1.29 is 32.2 Å². The summed E-state index contributed by atoms with van der Waals surface area (Å²) >= 11 is 48.4. The number of H-pyrrole nitrogens is 6. The van der Waals surface area contributed by atoms with Gasteiger partial charge in [0.2, 0.25) is 5.91 Å². The Morgan fingerprint density at radius 1 is 0.366 bits per heavy atom. The van der Waals surface area contributed by atoms with Crippen molar-refractivity contribution >= 4 is 221 Å². The number of nitrogens with one attached hydrogen (secondary N) is 11. The molecule has 0 saturated heterocycles. The van der Waals surface area contributed by atoms with Crippen LogP contribution in [0.2, 0.25) is 20.1 Å². The summed E-state index contributed by atoms with van der Waals surface area (Å²) in [4.78, 5) is 53.0. The molecule has 0 bridgehead atoms. The van der Waals surface area contributed by atoms with E-state index in [-0.39, 0.29) is 72.7 Å². The molecule has 744 valence electrons. The first-order chi connectivity index (χ1) is 70.1. The Hall–Kier alpha value is -10.7. The Morgan fingerprint density at radius 2 is 0.717 bits per heavy atom. The van der Waals surface area contributed by atoms with Crippen molar-refractivity contribution in [2.24, 2.45) is 0 Å². The summed E-state index contributed by atoms with van der Waals surface area (Å²) < 4.78 is 55.9. The number of hydrogen-bond acceptors (Lipinski definition) is 8. The van der Waals surface area contributed by atoms with Gasteiger partial charge in [-0.25, -0.2) is 18.0 Å². The number of nitrogens with zero attached hydrogens (tertiary/aromatic N) is 3. The Bertz CT molecular complexity index is 7600. The van der Waals surface area contributed by atoms with Crippen LogP contribution in [0.4, 0.5) is 18.0 Å². The summed E-state index contributed by atoms with van der Waals surface area (Å²) in [6.07, 6.45) is 5.46. The van der Waals surface area contributed by atoms with Gasteiger partial charge in [-0.15, -0.1) is 0 Å². The second-order valence-electron chi connectivity index (χ2n) is 37.4. The second kappa shape index (κ2) is 45.2. The number of carbonyl (C=O) groups excluding carboxylic acids is 2. The number of urea groups is 1. The molecular weight excluding hydrogens is 2260 g/mol. The monoisotopic (exact) mass is 2360 g/mol. The predicted molar refractivity (Wildman–Crippen MR) is 602 cm³/mol. The molecule has 0 saturated carbocycles. The predicted octanol–water partition coefficient (Wildman–Crippen LogP) is 29.0. The summed E-state index contributed by atoms with van der Waals surface area (Å²) in [6, 6.07) is 80.0. The quantitative estimate of drug-likeness (QED) is 0.0551. The maximum Gasteiger partial charge on any atom is 0.318 e. The highest BCUT2D eigenvalue weighted by molar-refractivity contribution is 9.11. The topological polar surface area (TPSA) is 217 Å². The first-order valence-corrected chi connectivity index (χ1v) is 54.0. The normalized spacial score (nSPS) is 17.1. The molecule has 0 fully saturated rings. The minimum Gasteiger partial charge on any atom is -0.497 e. The first kappa shape index (κ1) is 103. The second-order valence-corrected chi connectivity index (χ2v) is 44.1. The molecule has 18 nitrogen and oxygen atoms in total. The molecule has 31 heteroatoms. The fourth-order valence-corrected chi connectivity index (χ4v) is 24.1. The molecule has 6 aliphatic rings. The molecule has 6 atom stereocenters. The fourth-order valence-electron chi connectivity index (χ4n) is 21.1. The SMILES string of the molecule is CC(C)NC(=O)N1CCc2c([nH]c3ccc(Br)cc23)C1c1cccc(Cl)c1.CC(C)NC(=S)N1CCc2c([nH]c3ccc(Br)cc23)C1c1cccc(Cl)c1.COCC(=O)N1CCc2c([nH]c3ccc(Br)cc23)C1c1ccc(OC)cc1.Clc1ccc2[nH]c3c(c2c1)CCNC3c1cccc(Br)c1.Fc1ccc(C2NCCc3c2[nH]c2ccc(Br)cc32)cc1F.Fc1cccc(C2NCCc3c2[nH]c2ccc(Cl)cc32)c1. The number of aromatic nitrogens is 6. The molecule has 3 amide bonds. The van der Waals surface area contributed by atoms with E-state index in [1.54, 1.807) is 32.4 Å². The zero-order valence-corrected chi connectivity index (χ0v) is 91.7. The van der Waals surface area contributed by atoms with Gasteiger partial charge in [-0.3, -0.25) is 4.79 Å². The maximum atomic E-state index is 13.5. The van der Waals surface area contributed by atoms with E-state index in [0.29, 0.717) is 18.1 Å². The Kier molecular flexibility index (Phi) is 32.0. The standard InChI is InChI=1S/C21H21BrClN3O.C21H21BrClN3S.C21H21BrN2O3.C17H14BrClN2.C17H13BrF2N2.C17H14ClFN2/c2*1-12(2)24-21(27)26-9-8-16-17-11-14(22)6-7-18(17)25-19(16)20(26)13-4-3-5-15(23)10-13;1-26-12-19(25)24-10-9-16-17-11-14(22)5-8-18(17)23-20(16)21(24)13-3-6-15(27-2)7-4-13;18-11-3-1-2-10(8-11)16-17-13(6-7-20-16)14-9-12(19)4-5-15(14)21-17;18-10-2-4-15-12(8-10)11-5-6-21-16(17(11)22-15)9-1-3-13(19)14(20)7-9;18-11-4-5-15-14(9-11)13-6-7-20-16(17(13)21-15)10-2-1-3-12(19)8-10/h2*3-7,10-12,20,25H,8-9H2,1-2H3,(H,24,27);3-8,11,21,23H,9-10,12H2,1-2H3;1-5,8-9,16,20-21H,6-7H2;1-4,7-8,16,21-22H,5-6H2;1-5,8-9,16,20-21H,6-7H2. The van der Waals surface area contributed by atoms with E-state index >= 15 is 0 Å². The smallest absolute Gasteiger partial charge is 0.318 e. The number of benzene rings is 12. The molecule has 24 rings (SSSR count). The van der Waals surface area contributed by atoms with Gasteiger partial charge in [0, 0.05) is 200 Å². The summed E-state index contributed by atoms with van der Waals surface area (Å²) in [5.74, 6) is -1.06. The first-order valence-electron chi connectivity index (χ1n) is 48.1. The molecule has 6 aromatic heterocycles. The van der Waals surface area contributed by atoms with Crippen molar-refractivity contribution in [3.05, 3.63) is 410 Å². The van der Waals surface area contributed by atoms with Crippen molar-refractivity contribution in [3.8, 4) is 5.75 Å². The molecule has 0 aliphatic carbocycles. The van der Waals surface area contributed by atoms with Crippen molar-refractivity contribution in [2.45, 2.75) is 115 Å². The van der Waals surface area contributed by atoms with E-state index in [0.717, 1.165) is 197 Å². The minimum absolute atomic E-state index is 0.00405. The minimum atomic E-state index is -0.819. The Balaban J connectivity index is 0.000000110. The van der Waals surface area contributed by atoms with E-state index in [1.807, 2.05) is 145 Å². The summed E-state index contributed by atoms with van der Waals surface area (Å²) in [5.41, 5.74) is 27.3. The molecule has 11 N–H and O–H groups in total. The Morgan fingerprint density at radius 3 is 1.13 bits per heavy atom. The highest BCUT2D eigenvalue weighted by Crippen LogP contribution is 2.47. The lowest BCUT2D eigenvalue weighted by atomic mass is 9.92. The molecule has 0 spiro atoms. The van der Waals surface area contributed by atoms with Crippen LogP contribution in [-0.2, 0) is 48.1 Å². The average Bonchev–Trinajstić information content (AvgIpc) is 1.57. The van der Waals surface area contributed by atoms with Gasteiger partial charge in [0.1, 0.15) is 18.2 Å². The number of ether oxygens (including phenoxy) is 2. The van der Waals surface area contributed by atoms with Crippen LogP contribution in [-0.4, -0.2) is 134 Å². The zero-order chi connectivity index (χ0) is 101. The average molecular weight is 2360 g/mol. The lowest BCUT2D eigenvalue weighted by Crippen LogP contribution is -2.47. The van der Waals surface area contributed by atoms with Crippen LogP contribution >= 0.6 is 138 Å². The van der Waals surface area contributed by atoms with E-state index in [9.17, 15) is 22.8 Å².